The first-order chi connectivity index (χ1) is 6.69. The molecular formula is C12H19NO. The van der Waals surface area contributed by atoms with Crippen LogP contribution in [0.25, 0.3) is 0 Å². The molecule has 1 atom stereocenters. The molecular weight excluding hydrogens is 174 g/mol. The summed E-state index contributed by atoms with van der Waals surface area (Å²) in [7, 11) is 0. The van der Waals surface area contributed by atoms with Crippen molar-refractivity contribution in [2.24, 2.45) is 5.73 Å². The third-order valence-corrected chi connectivity index (χ3v) is 2.47. The number of nitrogens with two attached hydrogens (primary N) is 1. The highest BCUT2D eigenvalue weighted by molar-refractivity contribution is 5.38. The van der Waals surface area contributed by atoms with Gasteiger partial charge in [0.2, 0.25) is 0 Å². The second kappa shape index (κ2) is 5.01. The van der Waals surface area contributed by atoms with Crippen molar-refractivity contribution in [2.75, 3.05) is 0 Å². The van der Waals surface area contributed by atoms with Crippen LogP contribution in [-0.4, -0.2) is 5.11 Å². The number of aromatic hydroxyl groups is 1. The van der Waals surface area contributed by atoms with Crippen molar-refractivity contribution in [3.05, 3.63) is 29.3 Å². The van der Waals surface area contributed by atoms with Crippen LogP contribution in [0.15, 0.2) is 18.2 Å². The molecule has 0 bridgehead atoms. The molecule has 0 radical (unpaired) electrons. The monoisotopic (exact) mass is 193 g/mol. The van der Waals surface area contributed by atoms with Crippen LogP contribution in [0.2, 0.25) is 0 Å². The van der Waals surface area contributed by atoms with Crippen molar-refractivity contribution in [1.82, 2.24) is 0 Å². The molecule has 3 N–H and O–H groups in total. The summed E-state index contributed by atoms with van der Waals surface area (Å²) < 4.78 is 0. The summed E-state index contributed by atoms with van der Waals surface area (Å²) in [5.41, 5.74) is 8.03. The van der Waals surface area contributed by atoms with E-state index < -0.39 is 0 Å². The standard InChI is InChI=1S/C12H19NO/c1-3-5-9-6-7-12(14)10(8-9)11(13)4-2/h6-8,11,14H,3-5,13H2,1-2H3. The summed E-state index contributed by atoms with van der Waals surface area (Å²) in [6, 6.07) is 5.68. The van der Waals surface area contributed by atoms with Gasteiger partial charge in [-0.3, -0.25) is 0 Å². The summed E-state index contributed by atoms with van der Waals surface area (Å²) in [6.07, 6.45) is 3.01. The number of phenolic OH excluding ortho intramolecular Hbond substituents is 1. The van der Waals surface area contributed by atoms with Crippen LogP contribution in [0.5, 0.6) is 5.75 Å². The van der Waals surface area contributed by atoms with E-state index in [1.54, 1.807) is 6.07 Å². The van der Waals surface area contributed by atoms with Crippen LogP contribution in [0, 0.1) is 0 Å². The summed E-state index contributed by atoms with van der Waals surface area (Å²) in [5, 5.41) is 9.62. The van der Waals surface area contributed by atoms with Crippen molar-refractivity contribution in [1.29, 1.82) is 0 Å². The number of hydrogen-bond acceptors (Lipinski definition) is 2. The van der Waals surface area contributed by atoms with E-state index in [0.29, 0.717) is 5.75 Å². The lowest BCUT2D eigenvalue weighted by Crippen LogP contribution is -2.09. The van der Waals surface area contributed by atoms with E-state index in [4.69, 9.17) is 5.73 Å². The van der Waals surface area contributed by atoms with E-state index in [9.17, 15) is 5.11 Å². The quantitative estimate of drug-likeness (QED) is 0.772. The Morgan fingerprint density at radius 1 is 1.36 bits per heavy atom. The molecule has 0 spiro atoms. The number of hydrogen-bond donors (Lipinski definition) is 2. The molecule has 0 aliphatic carbocycles. The molecule has 0 saturated heterocycles. The average Bonchev–Trinajstić information content (AvgIpc) is 2.20. The van der Waals surface area contributed by atoms with Crippen LogP contribution in [0.4, 0.5) is 0 Å². The molecule has 0 aromatic heterocycles. The predicted molar refractivity (Wildman–Crippen MR) is 59.3 cm³/mol. The Balaban J connectivity index is 2.95. The van der Waals surface area contributed by atoms with E-state index in [1.807, 2.05) is 19.1 Å². The first-order valence-corrected chi connectivity index (χ1v) is 5.26. The molecule has 0 fully saturated rings. The maximum Gasteiger partial charge on any atom is 0.120 e. The van der Waals surface area contributed by atoms with Crippen LogP contribution in [0.1, 0.15) is 43.9 Å². The molecule has 0 aliphatic heterocycles. The third kappa shape index (κ3) is 2.48. The summed E-state index contributed by atoms with van der Waals surface area (Å²) in [5.74, 6) is 0.319. The molecule has 0 heterocycles. The zero-order chi connectivity index (χ0) is 10.6. The van der Waals surface area contributed by atoms with Gasteiger partial charge in [-0.15, -0.1) is 0 Å². The predicted octanol–water partition coefficient (Wildman–Crippen LogP) is 2.75. The van der Waals surface area contributed by atoms with Gasteiger partial charge in [-0.25, -0.2) is 0 Å². The molecule has 2 nitrogen and oxygen atoms in total. The minimum absolute atomic E-state index is 0.0493. The molecule has 0 saturated carbocycles. The van der Waals surface area contributed by atoms with E-state index in [0.717, 1.165) is 24.8 Å². The van der Waals surface area contributed by atoms with Crippen molar-refractivity contribution in [3.8, 4) is 5.75 Å². The second-order valence-electron chi connectivity index (χ2n) is 3.66. The van der Waals surface area contributed by atoms with Gasteiger partial charge in [0.1, 0.15) is 5.75 Å². The highest BCUT2D eigenvalue weighted by atomic mass is 16.3. The van der Waals surface area contributed by atoms with Gasteiger partial charge in [-0.2, -0.15) is 0 Å². The molecule has 78 valence electrons. The zero-order valence-electron chi connectivity index (χ0n) is 8.96. The maximum absolute atomic E-state index is 9.62. The Morgan fingerprint density at radius 3 is 2.64 bits per heavy atom. The Kier molecular flexibility index (Phi) is 3.96. The van der Waals surface area contributed by atoms with Crippen molar-refractivity contribution in [3.63, 3.8) is 0 Å². The molecule has 2 heteroatoms. The van der Waals surface area contributed by atoms with Gasteiger partial charge in [0.15, 0.2) is 0 Å². The first-order valence-electron chi connectivity index (χ1n) is 5.26. The fourth-order valence-electron chi connectivity index (χ4n) is 1.57. The number of benzene rings is 1. The lowest BCUT2D eigenvalue weighted by Gasteiger charge is -2.12. The Hall–Kier alpha value is -1.02. The average molecular weight is 193 g/mol. The Morgan fingerprint density at radius 2 is 2.07 bits per heavy atom. The largest absolute Gasteiger partial charge is 0.508 e. The highest BCUT2D eigenvalue weighted by Gasteiger charge is 2.09. The SMILES string of the molecule is CCCc1ccc(O)c(C(N)CC)c1. The van der Waals surface area contributed by atoms with E-state index in [1.165, 1.54) is 5.56 Å². The van der Waals surface area contributed by atoms with Crippen LogP contribution < -0.4 is 5.73 Å². The first kappa shape index (κ1) is 11.1. The second-order valence-corrected chi connectivity index (χ2v) is 3.66. The van der Waals surface area contributed by atoms with Crippen molar-refractivity contribution >= 4 is 0 Å². The number of phenols is 1. The fourth-order valence-corrected chi connectivity index (χ4v) is 1.57. The Bertz CT molecular complexity index is 296. The van der Waals surface area contributed by atoms with Gasteiger partial charge in [0, 0.05) is 11.6 Å². The van der Waals surface area contributed by atoms with E-state index in [-0.39, 0.29) is 6.04 Å². The van der Waals surface area contributed by atoms with Crippen molar-refractivity contribution < 1.29 is 5.11 Å². The molecule has 1 unspecified atom stereocenters. The maximum atomic E-state index is 9.62. The third-order valence-electron chi connectivity index (χ3n) is 2.47. The lowest BCUT2D eigenvalue weighted by molar-refractivity contribution is 0.460. The number of aryl methyl sites for hydroxylation is 1. The molecule has 1 rings (SSSR count). The fraction of sp³-hybridized carbons (Fsp3) is 0.500. The van der Waals surface area contributed by atoms with E-state index >= 15 is 0 Å². The Labute approximate surface area is 85.8 Å². The van der Waals surface area contributed by atoms with Gasteiger partial charge in [-0.1, -0.05) is 32.4 Å². The zero-order valence-corrected chi connectivity index (χ0v) is 8.96. The van der Waals surface area contributed by atoms with Gasteiger partial charge >= 0.3 is 0 Å². The summed E-state index contributed by atoms with van der Waals surface area (Å²) in [4.78, 5) is 0. The van der Waals surface area contributed by atoms with Gasteiger partial charge < -0.3 is 10.8 Å². The minimum Gasteiger partial charge on any atom is -0.508 e. The molecule has 14 heavy (non-hydrogen) atoms. The van der Waals surface area contributed by atoms with Crippen LogP contribution >= 0.6 is 0 Å². The smallest absolute Gasteiger partial charge is 0.120 e. The van der Waals surface area contributed by atoms with Crippen LogP contribution in [0.3, 0.4) is 0 Å². The topological polar surface area (TPSA) is 46.2 Å². The minimum atomic E-state index is -0.0493. The molecule has 1 aromatic carbocycles. The van der Waals surface area contributed by atoms with Gasteiger partial charge in [0.05, 0.1) is 0 Å². The molecule has 1 aromatic rings. The van der Waals surface area contributed by atoms with Crippen LogP contribution in [-0.2, 0) is 6.42 Å². The summed E-state index contributed by atoms with van der Waals surface area (Å²) in [6.45, 7) is 4.17. The van der Waals surface area contributed by atoms with Gasteiger partial charge in [-0.05, 0) is 24.5 Å². The van der Waals surface area contributed by atoms with E-state index in [2.05, 4.69) is 6.92 Å². The molecule has 0 amide bonds. The normalized spacial score (nSPS) is 12.8. The highest BCUT2D eigenvalue weighted by Crippen LogP contribution is 2.26. The van der Waals surface area contributed by atoms with Gasteiger partial charge in [0.25, 0.3) is 0 Å². The summed E-state index contributed by atoms with van der Waals surface area (Å²) >= 11 is 0. The lowest BCUT2D eigenvalue weighted by atomic mass is 10.00. The molecule has 0 aliphatic rings. The van der Waals surface area contributed by atoms with Crippen molar-refractivity contribution in [2.45, 2.75) is 39.2 Å². The number of rotatable bonds is 4.